The molecular formula is C17H17ClIN4OP. The Hall–Kier alpha value is -1.50. The van der Waals surface area contributed by atoms with E-state index in [-0.39, 0.29) is 5.91 Å². The van der Waals surface area contributed by atoms with Gasteiger partial charge in [-0.3, -0.25) is 9.78 Å². The minimum absolute atomic E-state index is 0.259. The van der Waals surface area contributed by atoms with Gasteiger partial charge in [-0.25, -0.2) is 0 Å². The summed E-state index contributed by atoms with van der Waals surface area (Å²) in [6, 6.07) is 7.35. The summed E-state index contributed by atoms with van der Waals surface area (Å²) in [5.41, 5.74) is 4.40. The van der Waals surface area contributed by atoms with Gasteiger partial charge in [-0.15, -0.1) is 0 Å². The number of hydrogen-bond donors (Lipinski definition) is 3. The van der Waals surface area contributed by atoms with Crippen molar-refractivity contribution in [2.75, 3.05) is 10.4 Å². The number of anilines is 2. The van der Waals surface area contributed by atoms with Crippen molar-refractivity contribution in [1.82, 2.24) is 4.98 Å². The fraction of sp³-hybridized carbons (Fsp3) is 0.118. The van der Waals surface area contributed by atoms with E-state index in [1.807, 2.05) is 18.2 Å². The smallest absolute Gasteiger partial charge is 0.248 e. The van der Waals surface area contributed by atoms with E-state index < -0.39 is 0 Å². The lowest BCUT2D eigenvalue weighted by Gasteiger charge is -2.10. The maximum absolute atomic E-state index is 12.1. The Morgan fingerprint density at radius 2 is 2.12 bits per heavy atom. The van der Waals surface area contributed by atoms with E-state index in [9.17, 15) is 4.79 Å². The van der Waals surface area contributed by atoms with E-state index >= 15 is 0 Å². The van der Waals surface area contributed by atoms with Gasteiger partial charge >= 0.3 is 0 Å². The molecule has 0 bridgehead atoms. The number of pyridine rings is 1. The van der Waals surface area contributed by atoms with E-state index in [1.165, 1.54) is 12.3 Å². The number of nitrogens with zero attached hydrogens (tertiary/aromatic N) is 1. The summed E-state index contributed by atoms with van der Waals surface area (Å²) >= 11 is 8.14. The molecule has 1 aromatic carbocycles. The topological polar surface area (TPSA) is 77.9 Å². The van der Waals surface area contributed by atoms with Crippen LogP contribution in [0, 0.1) is 12.3 Å². The lowest BCUT2D eigenvalue weighted by Crippen LogP contribution is -2.09. The summed E-state index contributed by atoms with van der Waals surface area (Å²) in [5.74, 6) is -0.259. The Bertz CT molecular complexity index is 841. The van der Waals surface area contributed by atoms with Crippen LogP contribution in [0.15, 0.2) is 36.5 Å². The summed E-state index contributed by atoms with van der Waals surface area (Å²) in [6.07, 6.45) is 5.23. The number of halogens is 2. The molecule has 1 aromatic heterocycles. The molecule has 8 heteroatoms. The molecule has 25 heavy (non-hydrogen) atoms. The second kappa shape index (κ2) is 9.27. The summed E-state index contributed by atoms with van der Waals surface area (Å²) < 4.78 is 0. The first-order chi connectivity index (χ1) is 11.9. The van der Waals surface area contributed by atoms with Gasteiger partial charge in [-0.2, -0.15) is 0 Å². The molecular weight excluding hydrogens is 470 g/mol. The molecule has 0 spiro atoms. The lowest BCUT2D eigenvalue weighted by atomic mass is 10.1. The lowest BCUT2D eigenvalue weighted by molar-refractivity contribution is -0.111. The van der Waals surface area contributed by atoms with Gasteiger partial charge in [0.05, 0.1) is 16.4 Å². The molecule has 1 amide bonds. The van der Waals surface area contributed by atoms with Gasteiger partial charge in [-0.1, -0.05) is 23.7 Å². The molecule has 0 aliphatic rings. The Morgan fingerprint density at radius 3 is 2.80 bits per heavy atom. The predicted octanol–water partition coefficient (Wildman–Crippen LogP) is 5.44. The number of carbonyl (C=O) groups excluding carboxylic acids is 1. The Labute approximate surface area is 166 Å². The molecule has 0 fully saturated rings. The molecule has 0 aliphatic carbocycles. The molecule has 1 heterocycles. The maximum Gasteiger partial charge on any atom is 0.248 e. The van der Waals surface area contributed by atoms with E-state index in [0.29, 0.717) is 28.5 Å². The third-order valence-corrected chi connectivity index (χ3v) is 4.75. The van der Waals surface area contributed by atoms with Crippen LogP contribution in [0.3, 0.4) is 0 Å². The fourth-order valence-electron chi connectivity index (χ4n) is 2.13. The highest BCUT2D eigenvalue weighted by Gasteiger charge is 2.06. The normalized spacial score (nSPS) is 11.2. The van der Waals surface area contributed by atoms with Crippen molar-refractivity contribution in [2.45, 2.75) is 13.8 Å². The summed E-state index contributed by atoms with van der Waals surface area (Å²) in [4.78, 5) is 16.2. The zero-order chi connectivity index (χ0) is 18.4. The van der Waals surface area contributed by atoms with Crippen molar-refractivity contribution >= 4 is 69.1 Å². The average molecular weight is 487 g/mol. The standard InChI is InChI=1S/C17H17ClIN4OP/c1-10(20)14-5-3-12(7-16(14)23-25-19)4-6-17(24)22-15-8-13(18)9-21-11(15)2/h3-9,20,23,25H,1-2H3,(H,22,24)/b6-4+,20-10?. The van der Waals surface area contributed by atoms with Gasteiger partial charge in [-0.05, 0) is 59.7 Å². The van der Waals surface area contributed by atoms with Gasteiger partial charge in [0, 0.05) is 35.6 Å². The first-order valence-electron chi connectivity index (χ1n) is 7.33. The molecule has 0 aliphatic heterocycles. The zero-order valence-corrected chi connectivity index (χ0v) is 17.6. The molecule has 3 N–H and O–H groups in total. The predicted molar refractivity (Wildman–Crippen MR) is 117 cm³/mol. The molecule has 0 radical (unpaired) electrons. The van der Waals surface area contributed by atoms with E-state index in [4.69, 9.17) is 17.0 Å². The fourth-order valence-corrected chi connectivity index (χ4v) is 3.47. The number of aryl methyl sites for hydroxylation is 1. The minimum Gasteiger partial charge on any atom is -0.358 e. The Morgan fingerprint density at radius 1 is 1.36 bits per heavy atom. The van der Waals surface area contributed by atoms with E-state index in [1.54, 1.807) is 26.0 Å². The van der Waals surface area contributed by atoms with Gasteiger partial charge in [0.25, 0.3) is 0 Å². The second-order valence-electron chi connectivity index (χ2n) is 5.26. The highest BCUT2D eigenvalue weighted by molar-refractivity contribution is 14.2. The van der Waals surface area contributed by atoms with Crippen LogP contribution in [0.1, 0.15) is 23.7 Å². The number of benzene rings is 1. The van der Waals surface area contributed by atoms with Crippen molar-refractivity contribution in [2.24, 2.45) is 0 Å². The van der Waals surface area contributed by atoms with Crippen LogP contribution >= 0.6 is 40.0 Å². The summed E-state index contributed by atoms with van der Waals surface area (Å²) in [7, 11) is 0. The van der Waals surface area contributed by atoms with Crippen LogP contribution < -0.4 is 10.4 Å². The van der Waals surface area contributed by atoms with Crippen molar-refractivity contribution in [3.05, 3.63) is 58.4 Å². The maximum atomic E-state index is 12.1. The van der Waals surface area contributed by atoms with Crippen LogP contribution in [0.25, 0.3) is 6.08 Å². The molecule has 0 saturated carbocycles. The largest absolute Gasteiger partial charge is 0.358 e. The first-order valence-corrected chi connectivity index (χ1v) is 11.8. The molecule has 1 unspecified atom stereocenters. The molecule has 2 rings (SSSR count). The number of hydrogen-bond acceptors (Lipinski definition) is 4. The second-order valence-corrected chi connectivity index (χ2v) is 7.75. The van der Waals surface area contributed by atoms with Crippen molar-refractivity contribution in [3.8, 4) is 0 Å². The van der Waals surface area contributed by atoms with E-state index in [2.05, 4.69) is 37.4 Å². The minimum atomic E-state index is -0.259. The SMILES string of the molecule is CC(=N)c1ccc(/C=C/C(=O)Nc2cc(Cl)cnc2C)cc1NPI. The third-order valence-electron chi connectivity index (χ3n) is 3.37. The molecule has 1 atom stereocenters. The Balaban J connectivity index is 2.15. The van der Waals surface area contributed by atoms with Crippen LogP contribution in [0.4, 0.5) is 11.4 Å². The van der Waals surface area contributed by atoms with Crippen molar-refractivity contribution < 1.29 is 4.79 Å². The molecule has 2 aromatic rings. The first kappa shape index (κ1) is 19.8. The average Bonchev–Trinajstić information content (AvgIpc) is 2.56. The van der Waals surface area contributed by atoms with Crippen LogP contribution in [0.5, 0.6) is 0 Å². The summed E-state index contributed by atoms with van der Waals surface area (Å²) in [6.45, 7) is 3.55. The number of carbonyl (C=O) groups is 1. The number of rotatable bonds is 6. The Kier molecular flexibility index (Phi) is 7.35. The quantitative estimate of drug-likeness (QED) is 0.220. The zero-order valence-electron chi connectivity index (χ0n) is 13.7. The van der Waals surface area contributed by atoms with Gasteiger partial charge in [0.2, 0.25) is 5.91 Å². The summed E-state index contributed by atoms with van der Waals surface area (Å²) in [5, 5.41) is 14.3. The van der Waals surface area contributed by atoms with E-state index in [0.717, 1.165) is 16.8 Å². The number of nitrogens with one attached hydrogen (secondary N) is 3. The molecule has 130 valence electrons. The highest BCUT2D eigenvalue weighted by Crippen LogP contribution is 2.28. The van der Waals surface area contributed by atoms with Crippen LogP contribution in [0.2, 0.25) is 5.02 Å². The van der Waals surface area contributed by atoms with Gasteiger partial charge in [0.15, 0.2) is 0 Å². The number of amides is 1. The monoisotopic (exact) mass is 486 g/mol. The van der Waals surface area contributed by atoms with Crippen LogP contribution in [-0.4, -0.2) is 16.6 Å². The molecule has 0 saturated heterocycles. The number of aromatic nitrogens is 1. The highest BCUT2D eigenvalue weighted by atomic mass is 127. The van der Waals surface area contributed by atoms with Gasteiger partial charge < -0.3 is 15.8 Å². The molecule has 5 nitrogen and oxygen atoms in total. The third kappa shape index (κ3) is 5.76. The van der Waals surface area contributed by atoms with Gasteiger partial charge in [0.1, 0.15) is 0 Å². The van der Waals surface area contributed by atoms with Crippen molar-refractivity contribution in [1.29, 1.82) is 5.41 Å². The van der Waals surface area contributed by atoms with Crippen LogP contribution in [-0.2, 0) is 4.79 Å². The van der Waals surface area contributed by atoms with Crippen molar-refractivity contribution in [3.63, 3.8) is 0 Å².